The SMILES string of the molecule is Fc1cc(Cl)cc(F)c1N1CCC2(CC1)CO2. The van der Waals surface area contributed by atoms with Gasteiger partial charge in [0.05, 0.1) is 12.2 Å². The van der Waals surface area contributed by atoms with Gasteiger partial charge in [0.15, 0.2) is 11.6 Å². The van der Waals surface area contributed by atoms with Crippen LogP contribution in [0.15, 0.2) is 12.1 Å². The molecule has 1 aromatic rings. The number of piperidine rings is 1. The molecule has 2 aliphatic rings. The normalized spacial score (nSPS) is 21.9. The zero-order valence-corrected chi connectivity index (χ0v) is 9.94. The van der Waals surface area contributed by atoms with Gasteiger partial charge in [-0.15, -0.1) is 0 Å². The van der Waals surface area contributed by atoms with Crippen molar-refractivity contribution in [3.63, 3.8) is 0 Å². The highest BCUT2D eigenvalue weighted by Crippen LogP contribution is 2.40. The molecule has 0 radical (unpaired) electrons. The second kappa shape index (κ2) is 3.82. The molecule has 1 spiro atoms. The van der Waals surface area contributed by atoms with Gasteiger partial charge in [-0.1, -0.05) is 11.6 Å². The second-order valence-electron chi connectivity index (χ2n) is 4.68. The van der Waals surface area contributed by atoms with Gasteiger partial charge in [-0.05, 0) is 25.0 Å². The highest BCUT2D eigenvalue weighted by atomic mass is 35.5. The first-order valence-corrected chi connectivity index (χ1v) is 6.01. The summed E-state index contributed by atoms with van der Waals surface area (Å²) in [6.45, 7) is 2.03. The van der Waals surface area contributed by atoms with E-state index < -0.39 is 11.6 Å². The number of halogens is 3. The highest BCUT2D eigenvalue weighted by molar-refractivity contribution is 6.30. The molecule has 92 valence electrons. The molecule has 0 aliphatic carbocycles. The number of hydrogen-bond acceptors (Lipinski definition) is 2. The van der Waals surface area contributed by atoms with Crippen molar-refractivity contribution in [1.29, 1.82) is 0 Å². The molecule has 0 saturated carbocycles. The Balaban J connectivity index is 1.84. The summed E-state index contributed by atoms with van der Waals surface area (Å²) >= 11 is 5.60. The van der Waals surface area contributed by atoms with E-state index in [1.165, 1.54) is 0 Å². The van der Waals surface area contributed by atoms with E-state index in [1.807, 2.05) is 0 Å². The lowest BCUT2D eigenvalue weighted by molar-refractivity contribution is 0.257. The summed E-state index contributed by atoms with van der Waals surface area (Å²) in [5.74, 6) is -1.19. The monoisotopic (exact) mass is 259 g/mol. The smallest absolute Gasteiger partial charge is 0.150 e. The Morgan fingerprint density at radius 2 is 1.71 bits per heavy atom. The second-order valence-corrected chi connectivity index (χ2v) is 5.11. The molecular formula is C12H12ClF2NO. The Labute approximate surface area is 103 Å². The first-order valence-electron chi connectivity index (χ1n) is 5.63. The quantitative estimate of drug-likeness (QED) is 0.721. The summed E-state index contributed by atoms with van der Waals surface area (Å²) < 4.78 is 32.8. The topological polar surface area (TPSA) is 15.8 Å². The van der Waals surface area contributed by atoms with Gasteiger partial charge in [-0.25, -0.2) is 8.78 Å². The first kappa shape index (κ1) is 11.2. The van der Waals surface area contributed by atoms with Crippen LogP contribution in [-0.4, -0.2) is 25.3 Å². The number of hydrogen-bond donors (Lipinski definition) is 0. The van der Waals surface area contributed by atoms with Crippen LogP contribution in [0.2, 0.25) is 5.02 Å². The van der Waals surface area contributed by atoms with Gasteiger partial charge in [0, 0.05) is 18.1 Å². The van der Waals surface area contributed by atoms with E-state index in [9.17, 15) is 8.78 Å². The maximum absolute atomic E-state index is 13.7. The Bertz CT molecular complexity index is 429. The molecule has 0 bridgehead atoms. The minimum Gasteiger partial charge on any atom is -0.369 e. The molecule has 2 aliphatic heterocycles. The number of rotatable bonds is 1. The van der Waals surface area contributed by atoms with Crippen molar-refractivity contribution in [2.45, 2.75) is 18.4 Å². The summed E-state index contributed by atoms with van der Waals surface area (Å²) in [5, 5.41) is 0.0859. The molecule has 2 fully saturated rings. The summed E-state index contributed by atoms with van der Waals surface area (Å²) in [6.07, 6.45) is 1.66. The fraction of sp³-hybridized carbons (Fsp3) is 0.500. The summed E-state index contributed by atoms with van der Waals surface area (Å²) in [4.78, 5) is 1.73. The van der Waals surface area contributed by atoms with E-state index in [0.717, 1.165) is 31.6 Å². The molecule has 0 aromatic heterocycles. The van der Waals surface area contributed by atoms with Crippen LogP contribution in [0, 0.1) is 11.6 Å². The third-order valence-corrected chi connectivity index (χ3v) is 3.74. The molecule has 3 rings (SSSR count). The molecule has 0 N–H and O–H groups in total. The lowest BCUT2D eigenvalue weighted by Crippen LogP contribution is -2.38. The minimum absolute atomic E-state index is 0.00980. The maximum atomic E-state index is 13.7. The predicted molar refractivity (Wildman–Crippen MR) is 61.5 cm³/mol. The molecular weight excluding hydrogens is 248 g/mol. The van der Waals surface area contributed by atoms with Crippen molar-refractivity contribution in [3.8, 4) is 0 Å². The third-order valence-electron chi connectivity index (χ3n) is 3.53. The van der Waals surface area contributed by atoms with Crippen molar-refractivity contribution >= 4 is 17.3 Å². The fourth-order valence-corrected chi connectivity index (χ4v) is 2.56. The van der Waals surface area contributed by atoms with Gasteiger partial charge in [0.1, 0.15) is 5.69 Å². The van der Waals surface area contributed by atoms with Gasteiger partial charge in [-0.2, -0.15) is 0 Å². The molecule has 0 amide bonds. The predicted octanol–water partition coefficient (Wildman–Crippen LogP) is 2.99. The van der Waals surface area contributed by atoms with Crippen molar-refractivity contribution in [1.82, 2.24) is 0 Å². The van der Waals surface area contributed by atoms with E-state index in [2.05, 4.69) is 0 Å². The van der Waals surface area contributed by atoms with Crippen molar-refractivity contribution in [3.05, 3.63) is 28.8 Å². The largest absolute Gasteiger partial charge is 0.369 e. The average molecular weight is 260 g/mol. The van der Waals surface area contributed by atoms with Gasteiger partial charge < -0.3 is 9.64 Å². The third kappa shape index (κ3) is 2.00. The van der Waals surface area contributed by atoms with Crippen molar-refractivity contribution < 1.29 is 13.5 Å². The Kier molecular flexibility index (Phi) is 2.52. The first-order chi connectivity index (χ1) is 8.10. The van der Waals surface area contributed by atoms with Crippen LogP contribution in [0.25, 0.3) is 0 Å². The van der Waals surface area contributed by atoms with Crippen molar-refractivity contribution in [2.24, 2.45) is 0 Å². The molecule has 2 saturated heterocycles. The molecule has 2 nitrogen and oxygen atoms in total. The maximum Gasteiger partial charge on any atom is 0.150 e. The molecule has 1 aromatic carbocycles. The van der Waals surface area contributed by atoms with E-state index in [1.54, 1.807) is 4.90 Å². The standard InChI is InChI=1S/C12H12ClF2NO/c13-8-5-9(14)11(10(15)6-8)16-3-1-12(2-4-16)7-17-12/h5-6H,1-4,7H2. The lowest BCUT2D eigenvalue weighted by Gasteiger charge is -2.32. The van der Waals surface area contributed by atoms with E-state index in [4.69, 9.17) is 16.3 Å². The Morgan fingerprint density at radius 1 is 1.18 bits per heavy atom. The Morgan fingerprint density at radius 3 is 2.18 bits per heavy atom. The lowest BCUT2D eigenvalue weighted by atomic mass is 9.97. The molecule has 17 heavy (non-hydrogen) atoms. The summed E-state index contributed by atoms with van der Waals surface area (Å²) in [7, 11) is 0. The van der Waals surface area contributed by atoms with Gasteiger partial charge in [-0.3, -0.25) is 0 Å². The van der Waals surface area contributed by atoms with Crippen LogP contribution in [0.4, 0.5) is 14.5 Å². The average Bonchev–Trinajstić information content (AvgIpc) is 3.00. The zero-order valence-electron chi connectivity index (χ0n) is 9.18. The van der Waals surface area contributed by atoms with Crippen LogP contribution in [0.1, 0.15) is 12.8 Å². The number of benzene rings is 1. The summed E-state index contributed by atoms with van der Waals surface area (Å²) in [6, 6.07) is 2.30. The number of epoxide rings is 1. The van der Waals surface area contributed by atoms with Gasteiger partial charge in [0.25, 0.3) is 0 Å². The van der Waals surface area contributed by atoms with Gasteiger partial charge >= 0.3 is 0 Å². The minimum atomic E-state index is -0.595. The molecule has 5 heteroatoms. The molecule has 0 unspecified atom stereocenters. The van der Waals surface area contributed by atoms with Crippen LogP contribution in [0.3, 0.4) is 0 Å². The van der Waals surface area contributed by atoms with Crippen molar-refractivity contribution in [2.75, 3.05) is 24.6 Å². The molecule has 0 atom stereocenters. The number of anilines is 1. The van der Waals surface area contributed by atoms with Crippen LogP contribution < -0.4 is 4.90 Å². The summed E-state index contributed by atoms with van der Waals surface area (Å²) in [5.41, 5.74) is 0.0421. The highest BCUT2D eigenvalue weighted by Gasteiger charge is 2.47. The van der Waals surface area contributed by atoms with E-state index in [0.29, 0.717) is 13.1 Å². The van der Waals surface area contributed by atoms with Crippen LogP contribution >= 0.6 is 11.6 Å². The van der Waals surface area contributed by atoms with Gasteiger partial charge in [0.2, 0.25) is 0 Å². The van der Waals surface area contributed by atoms with Crippen LogP contribution in [-0.2, 0) is 4.74 Å². The fourth-order valence-electron chi connectivity index (χ4n) is 2.37. The molecule has 2 heterocycles. The van der Waals surface area contributed by atoms with E-state index in [-0.39, 0.29) is 16.3 Å². The van der Waals surface area contributed by atoms with E-state index >= 15 is 0 Å². The number of ether oxygens (including phenoxy) is 1. The Hall–Kier alpha value is -0.870. The van der Waals surface area contributed by atoms with Crippen LogP contribution in [0.5, 0.6) is 0 Å². The number of nitrogens with zero attached hydrogens (tertiary/aromatic N) is 1. The zero-order chi connectivity index (χ0) is 12.0.